The van der Waals surface area contributed by atoms with Gasteiger partial charge in [0.2, 0.25) is 5.91 Å². The molecule has 0 bridgehead atoms. The summed E-state index contributed by atoms with van der Waals surface area (Å²) in [6.45, 7) is 4.43. The molecule has 2 aromatic rings. The highest BCUT2D eigenvalue weighted by Gasteiger charge is 2.10. The molecule has 0 radical (unpaired) electrons. The smallest absolute Gasteiger partial charge is 0.238 e. The second kappa shape index (κ2) is 7.60. The van der Waals surface area contributed by atoms with Crippen LogP contribution in [0.2, 0.25) is 0 Å². The Morgan fingerprint density at radius 1 is 1.10 bits per heavy atom. The highest BCUT2D eigenvalue weighted by Crippen LogP contribution is 2.15. The van der Waals surface area contributed by atoms with Gasteiger partial charge in [0.25, 0.3) is 0 Å². The number of carbonyl (C=O) groups excluding carboxylic acids is 1. The van der Waals surface area contributed by atoms with Crippen molar-refractivity contribution in [2.24, 2.45) is 0 Å². The molecule has 21 heavy (non-hydrogen) atoms. The van der Waals surface area contributed by atoms with E-state index in [1.54, 1.807) is 0 Å². The monoisotopic (exact) mass is 282 g/mol. The molecule has 1 atom stereocenters. The van der Waals surface area contributed by atoms with E-state index in [1.165, 1.54) is 5.56 Å². The van der Waals surface area contributed by atoms with E-state index in [-0.39, 0.29) is 11.9 Å². The first-order valence-electron chi connectivity index (χ1n) is 7.34. The largest absolute Gasteiger partial charge is 0.325 e. The van der Waals surface area contributed by atoms with E-state index in [2.05, 4.69) is 29.7 Å². The van der Waals surface area contributed by atoms with Gasteiger partial charge in [-0.25, -0.2) is 0 Å². The molecule has 2 N–H and O–H groups in total. The van der Waals surface area contributed by atoms with Gasteiger partial charge in [0.1, 0.15) is 0 Å². The van der Waals surface area contributed by atoms with E-state index >= 15 is 0 Å². The van der Waals surface area contributed by atoms with E-state index in [1.807, 2.05) is 49.4 Å². The van der Waals surface area contributed by atoms with Gasteiger partial charge in [0.15, 0.2) is 0 Å². The molecule has 1 amide bonds. The van der Waals surface area contributed by atoms with Crippen LogP contribution in [0.15, 0.2) is 54.6 Å². The van der Waals surface area contributed by atoms with Crippen molar-refractivity contribution in [1.29, 1.82) is 0 Å². The molecule has 0 aliphatic rings. The highest BCUT2D eigenvalue weighted by atomic mass is 16.1. The maximum absolute atomic E-state index is 12.0. The second-order valence-electron chi connectivity index (χ2n) is 5.17. The summed E-state index contributed by atoms with van der Waals surface area (Å²) < 4.78 is 0. The van der Waals surface area contributed by atoms with Crippen LogP contribution in [0, 0.1) is 6.92 Å². The molecular weight excluding hydrogens is 260 g/mol. The maximum Gasteiger partial charge on any atom is 0.238 e. The number of rotatable bonds is 6. The van der Waals surface area contributed by atoms with Crippen LogP contribution in [0.3, 0.4) is 0 Å². The van der Waals surface area contributed by atoms with Crippen LogP contribution in [-0.4, -0.2) is 12.5 Å². The second-order valence-corrected chi connectivity index (χ2v) is 5.17. The third-order valence-corrected chi connectivity index (χ3v) is 3.42. The molecule has 0 aliphatic carbocycles. The lowest BCUT2D eigenvalue weighted by molar-refractivity contribution is -0.115. The quantitative estimate of drug-likeness (QED) is 0.848. The Bertz CT molecular complexity index is 581. The number of carbonyl (C=O) groups is 1. The van der Waals surface area contributed by atoms with Crippen molar-refractivity contribution in [3.63, 3.8) is 0 Å². The zero-order valence-corrected chi connectivity index (χ0v) is 12.6. The molecule has 0 fully saturated rings. The van der Waals surface area contributed by atoms with Crippen molar-refractivity contribution in [2.45, 2.75) is 26.3 Å². The highest BCUT2D eigenvalue weighted by molar-refractivity contribution is 5.92. The standard InChI is InChI=1S/C18H22N2O/c1-3-17(15-9-5-4-6-10-15)19-13-18(21)20-16-11-7-8-14(2)12-16/h4-12,17,19H,3,13H2,1-2H3,(H,20,21). The van der Waals surface area contributed by atoms with Crippen LogP contribution in [0.25, 0.3) is 0 Å². The topological polar surface area (TPSA) is 41.1 Å². The number of amides is 1. The van der Waals surface area contributed by atoms with Gasteiger partial charge in [-0.05, 0) is 36.6 Å². The SMILES string of the molecule is CCC(NCC(=O)Nc1cccc(C)c1)c1ccccc1. The molecule has 0 saturated carbocycles. The van der Waals surface area contributed by atoms with Gasteiger partial charge in [0, 0.05) is 11.7 Å². The van der Waals surface area contributed by atoms with Gasteiger partial charge in [-0.1, -0.05) is 49.4 Å². The van der Waals surface area contributed by atoms with E-state index in [0.717, 1.165) is 17.7 Å². The third kappa shape index (κ3) is 4.72. The number of hydrogen-bond donors (Lipinski definition) is 2. The molecule has 110 valence electrons. The van der Waals surface area contributed by atoms with Crippen molar-refractivity contribution >= 4 is 11.6 Å². The van der Waals surface area contributed by atoms with Gasteiger partial charge in [-0.15, -0.1) is 0 Å². The molecule has 1 unspecified atom stereocenters. The Kier molecular flexibility index (Phi) is 5.52. The number of aryl methyl sites for hydroxylation is 1. The lowest BCUT2D eigenvalue weighted by atomic mass is 10.0. The van der Waals surface area contributed by atoms with Gasteiger partial charge in [-0.2, -0.15) is 0 Å². The molecule has 0 heterocycles. The molecule has 3 nitrogen and oxygen atoms in total. The van der Waals surface area contributed by atoms with Crippen LogP contribution in [0.4, 0.5) is 5.69 Å². The summed E-state index contributed by atoms with van der Waals surface area (Å²) in [7, 11) is 0. The minimum Gasteiger partial charge on any atom is -0.325 e. The summed E-state index contributed by atoms with van der Waals surface area (Å²) in [4.78, 5) is 12.0. The average Bonchev–Trinajstić information content (AvgIpc) is 2.49. The van der Waals surface area contributed by atoms with Gasteiger partial charge in [-0.3, -0.25) is 4.79 Å². The first-order chi connectivity index (χ1) is 10.2. The van der Waals surface area contributed by atoms with Crippen LogP contribution < -0.4 is 10.6 Å². The van der Waals surface area contributed by atoms with E-state index in [0.29, 0.717) is 6.54 Å². The zero-order valence-electron chi connectivity index (χ0n) is 12.6. The summed E-state index contributed by atoms with van der Waals surface area (Å²) in [6, 6.07) is 18.2. The number of anilines is 1. The summed E-state index contributed by atoms with van der Waals surface area (Å²) >= 11 is 0. The molecule has 0 aromatic heterocycles. The predicted octanol–water partition coefficient (Wildman–Crippen LogP) is 3.67. The number of nitrogens with one attached hydrogen (secondary N) is 2. The fourth-order valence-corrected chi connectivity index (χ4v) is 2.33. The Balaban J connectivity index is 1.88. The predicted molar refractivity (Wildman–Crippen MR) is 87.3 cm³/mol. The Hall–Kier alpha value is -2.13. The normalized spacial score (nSPS) is 11.9. The van der Waals surface area contributed by atoms with Gasteiger partial charge in [0.05, 0.1) is 6.54 Å². The van der Waals surface area contributed by atoms with Crippen LogP contribution in [0.1, 0.15) is 30.5 Å². The van der Waals surface area contributed by atoms with E-state index in [4.69, 9.17) is 0 Å². The van der Waals surface area contributed by atoms with Crippen LogP contribution >= 0.6 is 0 Å². The molecule has 2 aromatic carbocycles. The number of benzene rings is 2. The summed E-state index contributed by atoms with van der Waals surface area (Å²) in [5, 5.41) is 6.22. The lowest BCUT2D eigenvalue weighted by Gasteiger charge is -2.17. The summed E-state index contributed by atoms with van der Waals surface area (Å²) in [6.07, 6.45) is 0.946. The van der Waals surface area contributed by atoms with Gasteiger partial charge < -0.3 is 10.6 Å². The van der Waals surface area contributed by atoms with Crippen molar-refractivity contribution < 1.29 is 4.79 Å². The number of hydrogen-bond acceptors (Lipinski definition) is 2. The lowest BCUT2D eigenvalue weighted by Crippen LogP contribution is -2.31. The minimum atomic E-state index is -0.0185. The summed E-state index contributed by atoms with van der Waals surface area (Å²) in [5.74, 6) is -0.0185. The maximum atomic E-state index is 12.0. The Labute approximate surface area is 126 Å². The first-order valence-corrected chi connectivity index (χ1v) is 7.34. The molecule has 0 saturated heterocycles. The average molecular weight is 282 g/mol. The molecule has 3 heteroatoms. The molecule has 2 rings (SSSR count). The minimum absolute atomic E-state index is 0.0185. The van der Waals surface area contributed by atoms with Crippen molar-refractivity contribution in [3.05, 3.63) is 65.7 Å². The van der Waals surface area contributed by atoms with Gasteiger partial charge >= 0.3 is 0 Å². The van der Waals surface area contributed by atoms with Crippen molar-refractivity contribution in [1.82, 2.24) is 5.32 Å². The molecule has 0 spiro atoms. The first kappa shape index (κ1) is 15.3. The fraction of sp³-hybridized carbons (Fsp3) is 0.278. The Morgan fingerprint density at radius 2 is 1.86 bits per heavy atom. The molecule has 0 aliphatic heterocycles. The zero-order chi connectivity index (χ0) is 15.1. The molecular formula is C18H22N2O. The third-order valence-electron chi connectivity index (χ3n) is 3.42. The van der Waals surface area contributed by atoms with E-state index < -0.39 is 0 Å². The van der Waals surface area contributed by atoms with Crippen molar-refractivity contribution in [3.8, 4) is 0 Å². The summed E-state index contributed by atoms with van der Waals surface area (Å²) in [5.41, 5.74) is 3.19. The van der Waals surface area contributed by atoms with E-state index in [9.17, 15) is 4.79 Å². The fourth-order valence-electron chi connectivity index (χ4n) is 2.33. The van der Waals surface area contributed by atoms with Crippen LogP contribution in [-0.2, 0) is 4.79 Å². The van der Waals surface area contributed by atoms with Crippen LogP contribution in [0.5, 0.6) is 0 Å². The van der Waals surface area contributed by atoms with Crippen molar-refractivity contribution in [2.75, 3.05) is 11.9 Å². The Morgan fingerprint density at radius 3 is 2.52 bits per heavy atom.